The van der Waals surface area contributed by atoms with Crippen molar-refractivity contribution in [3.8, 4) is 56.0 Å². The molecule has 0 saturated heterocycles. The zero-order chi connectivity index (χ0) is 27.6. The van der Waals surface area contributed by atoms with Crippen LogP contribution in [0.25, 0.3) is 77.2 Å². The van der Waals surface area contributed by atoms with Gasteiger partial charge in [-0.15, -0.1) is 0 Å². The average molecular weight is 537 g/mol. The van der Waals surface area contributed by atoms with Crippen LogP contribution >= 0.6 is 0 Å². The van der Waals surface area contributed by atoms with Gasteiger partial charge in [-0.2, -0.15) is 0 Å². The second-order valence-electron chi connectivity index (χ2n) is 10.9. The van der Waals surface area contributed by atoms with Gasteiger partial charge in [-0.1, -0.05) is 103 Å². The maximum absolute atomic E-state index is 6.29. The van der Waals surface area contributed by atoms with Gasteiger partial charge in [0.15, 0.2) is 0 Å². The second kappa shape index (κ2) is 8.95. The first-order valence-corrected chi connectivity index (χ1v) is 14.3. The van der Waals surface area contributed by atoms with E-state index in [1.165, 1.54) is 38.8 Å². The Balaban J connectivity index is 1.25. The third kappa shape index (κ3) is 3.45. The normalized spacial score (nSPS) is 12.0. The van der Waals surface area contributed by atoms with Crippen molar-refractivity contribution in [3.63, 3.8) is 0 Å². The van der Waals surface area contributed by atoms with Crippen LogP contribution in [-0.4, -0.2) is 0 Å². The van der Waals surface area contributed by atoms with Gasteiger partial charge in [-0.25, -0.2) is 0 Å². The summed E-state index contributed by atoms with van der Waals surface area (Å²) >= 11 is 0. The molecule has 9 rings (SSSR count). The van der Waals surface area contributed by atoms with Crippen LogP contribution in [0.3, 0.4) is 0 Å². The molecule has 0 fully saturated rings. The second-order valence-corrected chi connectivity index (χ2v) is 10.9. The lowest BCUT2D eigenvalue weighted by molar-refractivity contribution is 0.487. The van der Waals surface area contributed by atoms with Crippen molar-refractivity contribution in [2.75, 3.05) is 0 Å². The molecule has 0 N–H and O–H groups in total. The van der Waals surface area contributed by atoms with Crippen molar-refractivity contribution in [1.29, 1.82) is 0 Å². The van der Waals surface area contributed by atoms with Gasteiger partial charge in [0, 0.05) is 21.7 Å². The molecule has 8 aromatic rings. The molecule has 1 aliphatic heterocycles. The van der Waals surface area contributed by atoms with Gasteiger partial charge in [0.25, 0.3) is 0 Å². The topological polar surface area (TPSA) is 22.4 Å². The minimum atomic E-state index is 0.897. The summed E-state index contributed by atoms with van der Waals surface area (Å²) in [5.74, 6) is 1.81. The number of hydrogen-bond acceptors (Lipinski definition) is 2. The fourth-order valence-corrected chi connectivity index (χ4v) is 6.58. The Morgan fingerprint density at radius 2 is 1.00 bits per heavy atom. The van der Waals surface area contributed by atoms with E-state index < -0.39 is 0 Å². The van der Waals surface area contributed by atoms with E-state index >= 15 is 0 Å². The molecule has 0 unspecified atom stereocenters. The molecule has 1 aromatic heterocycles. The van der Waals surface area contributed by atoms with Crippen molar-refractivity contribution in [3.05, 3.63) is 146 Å². The SMILES string of the molecule is c1ccc2c(c1)Oc1cccc3cc(-c4ccccc4-c4ccccc4-c4ccc5c(c4)oc4ccccc45)cc-2c13. The van der Waals surface area contributed by atoms with E-state index in [1.807, 2.05) is 24.3 Å². The highest BCUT2D eigenvalue weighted by Crippen LogP contribution is 2.49. The van der Waals surface area contributed by atoms with E-state index in [4.69, 9.17) is 9.15 Å². The summed E-state index contributed by atoms with van der Waals surface area (Å²) in [6.45, 7) is 0. The third-order valence-electron chi connectivity index (χ3n) is 8.48. The predicted octanol–water partition coefficient (Wildman–Crippen LogP) is 11.5. The summed E-state index contributed by atoms with van der Waals surface area (Å²) in [7, 11) is 0. The lowest BCUT2D eigenvalue weighted by Crippen LogP contribution is -1.97. The molecular formula is C40H24O2. The third-order valence-corrected chi connectivity index (χ3v) is 8.48. The Kier molecular flexibility index (Phi) is 4.93. The fraction of sp³-hybridized carbons (Fsp3) is 0. The molecule has 0 amide bonds. The van der Waals surface area contributed by atoms with E-state index in [-0.39, 0.29) is 0 Å². The van der Waals surface area contributed by atoms with E-state index in [2.05, 4.69) is 121 Å². The molecule has 0 radical (unpaired) electrons. The first kappa shape index (κ1) is 23.1. The molecule has 2 heterocycles. The van der Waals surface area contributed by atoms with E-state index in [1.54, 1.807) is 0 Å². The highest BCUT2D eigenvalue weighted by Gasteiger charge is 2.22. The maximum Gasteiger partial charge on any atom is 0.136 e. The average Bonchev–Trinajstić information content (AvgIpc) is 3.43. The van der Waals surface area contributed by atoms with Crippen molar-refractivity contribution in [2.24, 2.45) is 0 Å². The van der Waals surface area contributed by atoms with Crippen LogP contribution in [0.2, 0.25) is 0 Å². The number of fused-ring (bicyclic) bond motifs is 5. The predicted molar refractivity (Wildman–Crippen MR) is 173 cm³/mol. The Hall–Kier alpha value is -5.60. The number of benzene rings is 7. The van der Waals surface area contributed by atoms with Crippen LogP contribution in [0.1, 0.15) is 0 Å². The number of para-hydroxylation sites is 2. The summed E-state index contributed by atoms with van der Waals surface area (Å²) in [5, 5.41) is 4.62. The molecule has 0 saturated carbocycles. The number of ether oxygens (including phenoxy) is 1. The molecule has 1 aliphatic rings. The summed E-state index contributed by atoms with van der Waals surface area (Å²) < 4.78 is 12.5. The van der Waals surface area contributed by atoms with Gasteiger partial charge >= 0.3 is 0 Å². The molecule has 0 atom stereocenters. The van der Waals surface area contributed by atoms with Crippen LogP contribution in [0, 0.1) is 0 Å². The molecule has 0 bridgehead atoms. The molecule has 0 aliphatic carbocycles. The molecule has 7 aromatic carbocycles. The minimum Gasteiger partial charge on any atom is -0.456 e. The number of furan rings is 1. The minimum absolute atomic E-state index is 0.897. The van der Waals surface area contributed by atoms with Crippen molar-refractivity contribution >= 4 is 32.7 Å². The van der Waals surface area contributed by atoms with Gasteiger partial charge in [0.05, 0.1) is 0 Å². The standard InChI is InChI=1S/C40H24O2/c1-3-13-30(28(11-1)25-20-21-34-32-15-5-7-17-36(32)42-39(34)24-25)31-14-4-2-12-29(31)27-22-26-10-9-19-38-40(26)35(23-27)33-16-6-8-18-37(33)41-38/h1-24H. The molecule has 196 valence electrons. The number of rotatable bonds is 3. The highest BCUT2D eigenvalue weighted by atomic mass is 16.5. The van der Waals surface area contributed by atoms with Gasteiger partial charge in [0.1, 0.15) is 22.7 Å². The first-order chi connectivity index (χ1) is 20.8. The maximum atomic E-state index is 6.29. The van der Waals surface area contributed by atoms with Gasteiger partial charge in [-0.05, 0) is 86.8 Å². The summed E-state index contributed by atoms with van der Waals surface area (Å²) in [6.07, 6.45) is 0. The molecule has 0 spiro atoms. The van der Waals surface area contributed by atoms with E-state index in [0.717, 1.165) is 50.0 Å². The van der Waals surface area contributed by atoms with Gasteiger partial charge in [-0.3, -0.25) is 0 Å². The Morgan fingerprint density at radius 1 is 0.357 bits per heavy atom. The lowest BCUT2D eigenvalue weighted by atomic mass is 9.86. The first-order valence-electron chi connectivity index (χ1n) is 14.3. The summed E-state index contributed by atoms with van der Waals surface area (Å²) in [4.78, 5) is 0. The molecule has 42 heavy (non-hydrogen) atoms. The van der Waals surface area contributed by atoms with Crippen molar-refractivity contribution in [1.82, 2.24) is 0 Å². The summed E-state index contributed by atoms with van der Waals surface area (Å²) in [5.41, 5.74) is 11.2. The quantitative estimate of drug-likeness (QED) is 0.224. The van der Waals surface area contributed by atoms with Crippen LogP contribution < -0.4 is 4.74 Å². The summed E-state index contributed by atoms with van der Waals surface area (Å²) in [6, 6.07) is 51.5. The molecule has 2 heteroatoms. The van der Waals surface area contributed by atoms with E-state index in [0.29, 0.717) is 0 Å². The Labute approximate surface area is 243 Å². The van der Waals surface area contributed by atoms with E-state index in [9.17, 15) is 0 Å². The Bertz CT molecular complexity index is 2340. The van der Waals surface area contributed by atoms with Gasteiger partial charge < -0.3 is 9.15 Å². The fourth-order valence-electron chi connectivity index (χ4n) is 6.58. The Morgan fingerprint density at radius 3 is 1.83 bits per heavy atom. The van der Waals surface area contributed by atoms with Gasteiger partial charge in [0.2, 0.25) is 0 Å². The molecular weight excluding hydrogens is 512 g/mol. The van der Waals surface area contributed by atoms with Crippen LogP contribution in [0.5, 0.6) is 11.5 Å². The zero-order valence-corrected chi connectivity index (χ0v) is 22.7. The highest BCUT2D eigenvalue weighted by molar-refractivity contribution is 6.08. The van der Waals surface area contributed by atoms with Crippen LogP contribution in [0.15, 0.2) is 150 Å². The molecule has 2 nitrogen and oxygen atoms in total. The smallest absolute Gasteiger partial charge is 0.136 e. The van der Waals surface area contributed by atoms with Crippen molar-refractivity contribution < 1.29 is 9.15 Å². The lowest BCUT2D eigenvalue weighted by Gasteiger charge is -2.22. The monoisotopic (exact) mass is 536 g/mol. The van der Waals surface area contributed by atoms with Crippen LogP contribution in [0.4, 0.5) is 0 Å². The zero-order valence-electron chi connectivity index (χ0n) is 22.7. The van der Waals surface area contributed by atoms with Crippen LogP contribution in [-0.2, 0) is 0 Å². The number of hydrogen-bond donors (Lipinski definition) is 0. The largest absolute Gasteiger partial charge is 0.456 e. The van der Waals surface area contributed by atoms with Crippen molar-refractivity contribution in [2.45, 2.75) is 0 Å².